The molecular formula is C7H10N2O3S. The Labute approximate surface area is 76.3 Å². The van der Waals surface area contributed by atoms with Crippen molar-refractivity contribution in [3.63, 3.8) is 0 Å². The molecule has 0 spiro atoms. The van der Waals surface area contributed by atoms with Gasteiger partial charge >= 0.3 is 0 Å². The fourth-order valence-corrected chi connectivity index (χ4v) is 3.32. The first-order valence-corrected chi connectivity index (χ1v) is 5.95. The zero-order valence-electron chi connectivity index (χ0n) is 7.01. The van der Waals surface area contributed by atoms with E-state index in [1.54, 1.807) is 0 Å². The molecule has 0 aliphatic carbocycles. The van der Waals surface area contributed by atoms with E-state index in [4.69, 9.17) is 0 Å². The first kappa shape index (κ1) is 8.68. The number of sulfone groups is 1. The summed E-state index contributed by atoms with van der Waals surface area (Å²) >= 11 is 0. The van der Waals surface area contributed by atoms with Crippen LogP contribution in [0.15, 0.2) is 5.10 Å². The molecule has 0 radical (unpaired) electrons. The van der Waals surface area contributed by atoms with Crippen molar-refractivity contribution in [2.75, 3.05) is 11.5 Å². The second-order valence-electron chi connectivity index (χ2n) is 3.30. The fraction of sp³-hybridized carbons (Fsp3) is 0.714. The van der Waals surface area contributed by atoms with E-state index in [0.29, 0.717) is 12.8 Å². The van der Waals surface area contributed by atoms with Gasteiger partial charge in [0.25, 0.3) is 0 Å². The third-order valence-electron chi connectivity index (χ3n) is 2.28. The molecule has 0 aromatic heterocycles. The Morgan fingerprint density at radius 1 is 1.54 bits per heavy atom. The molecule has 0 saturated carbocycles. The van der Waals surface area contributed by atoms with Crippen molar-refractivity contribution < 1.29 is 13.2 Å². The minimum Gasteiger partial charge on any atom is -0.273 e. The summed E-state index contributed by atoms with van der Waals surface area (Å²) < 4.78 is 22.2. The molecule has 5 nitrogen and oxygen atoms in total. The second-order valence-corrected chi connectivity index (χ2v) is 5.53. The van der Waals surface area contributed by atoms with Gasteiger partial charge in [-0.1, -0.05) is 0 Å². The maximum atomic E-state index is 11.2. The summed E-state index contributed by atoms with van der Waals surface area (Å²) in [7, 11) is -2.92. The molecule has 2 aliphatic rings. The number of hydrogen-bond acceptors (Lipinski definition) is 4. The molecule has 1 fully saturated rings. The van der Waals surface area contributed by atoms with Gasteiger partial charge in [-0.2, -0.15) is 5.10 Å². The minimum absolute atomic E-state index is 0.0656. The quantitative estimate of drug-likeness (QED) is 0.569. The molecule has 1 saturated heterocycles. The molecule has 1 atom stereocenters. The number of rotatable bonds is 1. The highest BCUT2D eigenvalue weighted by atomic mass is 32.2. The molecule has 13 heavy (non-hydrogen) atoms. The molecule has 0 bridgehead atoms. The van der Waals surface area contributed by atoms with Crippen molar-refractivity contribution >= 4 is 22.0 Å². The summed E-state index contributed by atoms with van der Waals surface area (Å²) in [6.45, 7) is 0. The molecule has 6 heteroatoms. The van der Waals surface area contributed by atoms with E-state index < -0.39 is 9.84 Å². The van der Waals surface area contributed by atoms with Gasteiger partial charge in [-0.05, 0) is 6.42 Å². The van der Waals surface area contributed by atoms with E-state index in [1.165, 1.54) is 11.2 Å². The lowest BCUT2D eigenvalue weighted by Gasteiger charge is -2.17. The molecule has 2 aliphatic heterocycles. The van der Waals surface area contributed by atoms with Gasteiger partial charge in [0.05, 0.1) is 24.0 Å². The third kappa shape index (κ3) is 1.58. The number of hydrazone groups is 1. The van der Waals surface area contributed by atoms with Gasteiger partial charge in [0.2, 0.25) is 5.91 Å². The molecule has 2 heterocycles. The maximum Gasteiger partial charge on any atom is 0.248 e. The van der Waals surface area contributed by atoms with E-state index in [0.717, 1.165) is 0 Å². The lowest BCUT2D eigenvalue weighted by Crippen LogP contribution is -2.33. The van der Waals surface area contributed by atoms with Crippen LogP contribution in [-0.4, -0.2) is 43.1 Å². The van der Waals surface area contributed by atoms with Crippen molar-refractivity contribution in [2.24, 2.45) is 5.10 Å². The Kier molecular flexibility index (Phi) is 1.87. The topological polar surface area (TPSA) is 66.8 Å². The molecule has 0 aromatic rings. The number of carbonyl (C=O) groups excluding carboxylic acids is 1. The number of carbonyl (C=O) groups is 1. The van der Waals surface area contributed by atoms with E-state index >= 15 is 0 Å². The summed E-state index contributed by atoms with van der Waals surface area (Å²) in [5.41, 5.74) is 0. The Morgan fingerprint density at radius 3 is 2.77 bits per heavy atom. The van der Waals surface area contributed by atoms with Crippen LogP contribution >= 0.6 is 0 Å². The lowest BCUT2D eigenvalue weighted by atomic mass is 10.2. The molecule has 1 amide bonds. The molecule has 0 N–H and O–H groups in total. The summed E-state index contributed by atoms with van der Waals surface area (Å²) in [4.78, 5) is 11.2. The zero-order valence-corrected chi connectivity index (χ0v) is 7.83. The van der Waals surface area contributed by atoms with Gasteiger partial charge in [-0.3, -0.25) is 4.79 Å². The van der Waals surface area contributed by atoms with Crippen molar-refractivity contribution in [3.8, 4) is 0 Å². The Bertz CT molecular complexity index is 360. The maximum absolute atomic E-state index is 11.2. The van der Waals surface area contributed by atoms with Gasteiger partial charge in [0, 0.05) is 6.21 Å². The van der Waals surface area contributed by atoms with Gasteiger partial charge in [-0.25, -0.2) is 13.4 Å². The van der Waals surface area contributed by atoms with Crippen LogP contribution in [-0.2, 0) is 14.6 Å². The van der Waals surface area contributed by atoms with Crippen LogP contribution in [0, 0.1) is 0 Å². The van der Waals surface area contributed by atoms with Crippen LogP contribution in [0.25, 0.3) is 0 Å². The summed E-state index contributed by atoms with van der Waals surface area (Å²) in [5.74, 6) is 0.148. The Balaban J connectivity index is 2.12. The first-order valence-electron chi connectivity index (χ1n) is 4.13. The van der Waals surface area contributed by atoms with Crippen LogP contribution in [0.4, 0.5) is 0 Å². The van der Waals surface area contributed by atoms with Crippen LogP contribution < -0.4 is 0 Å². The number of nitrogens with zero attached hydrogens (tertiary/aromatic N) is 2. The van der Waals surface area contributed by atoms with Crippen LogP contribution in [0.2, 0.25) is 0 Å². The van der Waals surface area contributed by atoms with Crippen molar-refractivity contribution in [1.29, 1.82) is 0 Å². The van der Waals surface area contributed by atoms with Crippen LogP contribution in [0.5, 0.6) is 0 Å². The van der Waals surface area contributed by atoms with Crippen LogP contribution in [0.1, 0.15) is 12.8 Å². The fourth-order valence-electron chi connectivity index (χ4n) is 1.63. The van der Waals surface area contributed by atoms with Gasteiger partial charge < -0.3 is 0 Å². The van der Waals surface area contributed by atoms with Gasteiger partial charge in [-0.15, -0.1) is 0 Å². The summed E-state index contributed by atoms with van der Waals surface area (Å²) in [6, 6.07) is -0.226. The average molecular weight is 202 g/mol. The predicted octanol–water partition coefficient (Wildman–Crippen LogP) is -0.608. The van der Waals surface area contributed by atoms with Crippen molar-refractivity contribution in [1.82, 2.24) is 5.01 Å². The van der Waals surface area contributed by atoms with Crippen LogP contribution in [0.3, 0.4) is 0 Å². The first-order chi connectivity index (χ1) is 6.08. The summed E-state index contributed by atoms with van der Waals surface area (Å²) in [6.07, 6.45) is 2.34. The monoisotopic (exact) mass is 202 g/mol. The molecule has 2 rings (SSSR count). The molecule has 1 unspecified atom stereocenters. The van der Waals surface area contributed by atoms with E-state index in [1.807, 2.05) is 0 Å². The normalized spacial score (nSPS) is 31.5. The molecular weight excluding hydrogens is 192 g/mol. The van der Waals surface area contributed by atoms with Crippen molar-refractivity contribution in [2.45, 2.75) is 18.9 Å². The van der Waals surface area contributed by atoms with Crippen molar-refractivity contribution in [3.05, 3.63) is 0 Å². The second kappa shape index (κ2) is 2.80. The highest BCUT2D eigenvalue weighted by molar-refractivity contribution is 7.91. The SMILES string of the molecule is O=C1CC=NN1C1CCS(=O)(=O)C1. The highest BCUT2D eigenvalue weighted by Gasteiger charge is 2.35. The number of amides is 1. The third-order valence-corrected chi connectivity index (χ3v) is 4.03. The van der Waals surface area contributed by atoms with E-state index in [-0.39, 0.29) is 23.5 Å². The predicted molar refractivity (Wildman–Crippen MR) is 47.0 cm³/mol. The smallest absolute Gasteiger partial charge is 0.248 e. The standard InChI is InChI=1S/C7H10N2O3S/c10-7-1-3-8-9(7)6-2-4-13(11,12)5-6/h3,6H,1-2,4-5H2. The molecule has 72 valence electrons. The zero-order chi connectivity index (χ0) is 9.47. The molecule has 0 aromatic carbocycles. The Hall–Kier alpha value is -0.910. The van der Waals surface area contributed by atoms with Gasteiger partial charge in [0.1, 0.15) is 0 Å². The lowest BCUT2D eigenvalue weighted by molar-refractivity contribution is -0.130. The number of hydrogen-bond donors (Lipinski definition) is 0. The summed E-state index contributed by atoms with van der Waals surface area (Å²) in [5, 5.41) is 5.17. The largest absolute Gasteiger partial charge is 0.273 e. The van der Waals surface area contributed by atoms with E-state index in [2.05, 4.69) is 5.10 Å². The highest BCUT2D eigenvalue weighted by Crippen LogP contribution is 2.20. The minimum atomic E-state index is -2.92. The van der Waals surface area contributed by atoms with E-state index in [9.17, 15) is 13.2 Å². The Morgan fingerprint density at radius 2 is 2.31 bits per heavy atom. The average Bonchev–Trinajstić information content (AvgIpc) is 2.56. The van der Waals surface area contributed by atoms with Gasteiger partial charge in [0.15, 0.2) is 9.84 Å².